The molecule has 0 aliphatic rings. The molecule has 3 aromatic heterocycles. The third-order valence-electron chi connectivity index (χ3n) is 5.31. The number of H-pyrrole nitrogens is 2. The van der Waals surface area contributed by atoms with E-state index in [1.54, 1.807) is 31.2 Å². The number of aromatic nitrogens is 6. The predicted octanol–water partition coefficient (Wildman–Crippen LogP) is 1.38. The zero-order valence-corrected chi connectivity index (χ0v) is 17.3. The molecule has 1 amide bonds. The molecule has 0 radical (unpaired) electrons. The molecule has 5 rings (SSSR count). The van der Waals surface area contributed by atoms with Gasteiger partial charge in [0.1, 0.15) is 5.39 Å². The Balaban J connectivity index is 1.54. The van der Waals surface area contributed by atoms with Gasteiger partial charge in [0.05, 0.1) is 34.8 Å². The van der Waals surface area contributed by atoms with Crippen LogP contribution in [-0.4, -0.2) is 35.2 Å². The third kappa shape index (κ3) is 3.31. The molecule has 0 spiro atoms. The molecule has 3 heterocycles. The lowest BCUT2D eigenvalue weighted by Gasteiger charge is -2.12. The molecule has 11 nitrogen and oxygen atoms in total. The fourth-order valence-corrected chi connectivity index (χ4v) is 3.67. The monoisotopic (exact) mass is 443 g/mol. The summed E-state index contributed by atoms with van der Waals surface area (Å²) in [7, 11) is 0. The van der Waals surface area contributed by atoms with E-state index in [9.17, 15) is 19.2 Å². The molecule has 3 N–H and O–H groups in total. The summed E-state index contributed by atoms with van der Waals surface area (Å²) in [5.74, 6) is -0.452. The number of benzene rings is 2. The maximum Gasteiger partial charge on any atom is 0.328 e. The molecule has 0 atom stereocenters. The van der Waals surface area contributed by atoms with Gasteiger partial charge in [-0.3, -0.25) is 19.0 Å². The van der Waals surface area contributed by atoms with Crippen molar-refractivity contribution in [1.29, 1.82) is 0 Å². The number of carbonyl (C=O) groups excluding carboxylic acids is 1. The first-order chi connectivity index (χ1) is 16.0. The molecule has 0 aliphatic carbocycles. The van der Waals surface area contributed by atoms with Crippen molar-refractivity contribution in [3.05, 3.63) is 91.7 Å². The first kappa shape index (κ1) is 20.1. The third-order valence-corrected chi connectivity index (χ3v) is 5.31. The average molecular weight is 443 g/mol. The fourth-order valence-electron chi connectivity index (χ4n) is 3.67. The van der Waals surface area contributed by atoms with Crippen LogP contribution in [0.3, 0.4) is 0 Å². The Labute approximate surface area is 184 Å². The van der Waals surface area contributed by atoms with E-state index in [-0.39, 0.29) is 23.2 Å². The van der Waals surface area contributed by atoms with Gasteiger partial charge in [0.2, 0.25) is 0 Å². The number of para-hydroxylation sites is 2. The second-order valence-electron chi connectivity index (χ2n) is 7.24. The summed E-state index contributed by atoms with van der Waals surface area (Å²) < 4.78 is 2.55. The van der Waals surface area contributed by atoms with Gasteiger partial charge in [-0.15, -0.1) is 0 Å². The Morgan fingerprint density at radius 1 is 1.09 bits per heavy atom. The van der Waals surface area contributed by atoms with E-state index < -0.39 is 17.2 Å². The number of nitrogens with zero attached hydrogens (tertiary/aromatic N) is 4. The van der Waals surface area contributed by atoms with Crippen LogP contribution in [0.1, 0.15) is 17.3 Å². The van der Waals surface area contributed by atoms with Crippen LogP contribution in [0.25, 0.3) is 27.6 Å². The van der Waals surface area contributed by atoms with Crippen LogP contribution in [0.2, 0.25) is 0 Å². The van der Waals surface area contributed by atoms with Crippen LogP contribution in [0.4, 0.5) is 5.69 Å². The largest absolute Gasteiger partial charge is 0.328 e. The number of carbonyl (C=O) groups is 1. The molecule has 0 aliphatic heterocycles. The second-order valence-corrected chi connectivity index (χ2v) is 7.24. The first-order valence-corrected chi connectivity index (χ1v) is 10.1. The van der Waals surface area contributed by atoms with Crippen molar-refractivity contribution in [2.75, 3.05) is 5.32 Å². The van der Waals surface area contributed by atoms with Crippen molar-refractivity contribution < 1.29 is 4.79 Å². The Hall–Kier alpha value is -4.80. The molecule has 164 valence electrons. The van der Waals surface area contributed by atoms with Crippen molar-refractivity contribution in [1.82, 2.24) is 29.3 Å². The molecule has 33 heavy (non-hydrogen) atoms. The molecule has 0 saturated heterocycles. The summed E-state index contributed by atoms with van der Waals surface area (Å²) in [4.78, 5) is 58.9. The minimum absolute atomic E-state index is 0.242. The highest BCUT2D eigenvalue weighted by molar-refractivity contribution is 6.07. The summed E-state index contributed by atoms with van der Waals surface area (Å²) >= 11 is 0. The van der Waals surface area contributed by atoms with Crippen molar-refractivity contribution >= 4 is 33.5 Å². The number of anilines is 1. The van der Waals surface area contributed by atoms with E-state index in [2.05, 4.69) is 25.4 Å². The summed E-state index contributed by atoms with van der Waals surface area (Å²) in [5, 5.41) is 7.70. The highest BCUT2D eigenvalue weighted by atomic mass is 16.2. The van der Waals surface area contributed by atoms with Gasteiger partial charge in [-0.25, -0.2) is 14.5 Å². The van der Waals surface area contributed by atoms with Gasteiger partial charge >= 0.3 is 5.69 Å². The second kappa shape index (κ2) is 7.71. The highest BCUT2D eigenvalue weighted by Crippen LogP contribution is 2.23. The summed E-state index contributed by atoms with van der Waals surface area (Å²) in [6.45, 7) is 1.95. The van der Waals surface area contributed by atoms with E-state index in [1.807, 2.05) is 0 Å². The van der Waals surface area contributed by atoms with Crippen LogP contribution in [-0.2, 0) is 6.54 Å². The minimum atomic E-state index is -0.536. The van der Waals surface area contributed by atoms with Gasteiger partial charge in [0, 0.05) is 12.1 Å². The number of aromatic amines is 2. The van der Waals surface area contributed by atoms with Crippen molar-refractivity contribution in [2.24, 2.45) is 0 Å². The molecular weight excluding hydrogens is 426 g/mol. The van der Waals surface area contributed by atoms with Gasteiger partial charge in [-0.2, -0.15) is 5.10 Å². The fraction of sp³-hybridized carbons (Fsp3) is 0.0909. The molecule has 0 saturated carbocycles. The molecule has 2 aromatic carbocycles. The van der Waals surface area contributed by atoms with E-state index in [4.69, 9.17) is 0 Å². The number of hydrogen-bond donors (Lipinski definition) is 3. The van der Waals surface area contributed by atoms with Crippen molar-refractivity contribution in [2.45, 2.75) is 13.5 Å². The molecule has 11 heteroatoms. The molecule has 0 fully saturated rings. The number of rotatable bonds is 4. The Morgan fingerprint density at radius 2 is 1.91 bits per heavy atom. The zero-order chi connectivity index (χ0) is 23.1. The number of hydrogen-bond acceptors (Lipinski definition) is 6. The van der Waals surface area contributed by atoms with Crippen molar-refractivity contribution in [3.63, 3.8) is 0 Å². The SMILES string of the molecule is CCn1c(=O)[nH]c2cc(C(=O)Nc3ccccc3-n3ncc4c(=O)[nH]cnc43)ccc2c1=O. The summed E-state index contributed by atoms with van der Waals surface area (Å²) in [6.07, 6.45) is 2.69. The number of fused-ring (bicyclic) bond motifs is 2. The summed E-state index contributed by atoms with van der Waals surface area (Å²) in [6, 6.07) is 11.4. The average Bonchev–Trinajstić information content (AvgIpc) is 3.24. The Kier molecular flexibility index (Phi) is 4.70. The Bertz CT molecular complexity index is 1730. The lowest BCUT2D eigenvalue weighted by Crippen LogP contribution is -2.34. The number of nitrogens with one attached hydrogen (secondary N) is 3. The normalized spacial score (nSPS) is 11.2. The van der Waals surface area contributed by atoms with Crippen LogP contribution in [0.15, 0.2) is 69.4 Å². The quantitative estimate of drug-likeness (QED) is 0.382. The standard InChI is InChI=1S/C22H17N7O4/c1-2-28-21(32)13-8-7-12(9-16(13)27-22(28)33)19(30)26-15-5-3-4-6-17(15)29-18-14(10-25-29)20(31)24-11-23-18/h3-11H,2H2,1H3,(H,26,30)(H,27,33)(H,23,24,31). The predicted molar refractivity (Wildman–Crippen MR) is 122 cm³/mol. The molecule has 5 aromatic rings. The molecular formula is C22H17N7O4. The van der Waals surface area contributed by atoms with Gasteiger partial charge in [-0.05, 0) is 37.3 Å². The van der Waals surface area contributed by atoms with Gasteiger partial charge in [0.15, 0.2) is 5.65 Å². The van der Waals surface area contributed by atoms with Crippen LogP contribution >= 0.6 is 0 Å². The van der Waals surface area contributed by atoms with E-state index >= 15 is 0 Å². The minimum Gasteiger partial charge on any atom is -0.320 e. The van der Waals surface area contributed by atoms with Crippen LogP contribution in [0.5, 0.6) is 0 Å². The highest BCUT2D eigenvalue weighted by Gasteiger charge is 2.15. The topological polar surface area (TPSA) is 148 Å². The lowest BCUT2D eigenvalue weighted by atomic mass is 10.1. The smallest absolute Gasteiger partial charge is 0.320 e. The van der Waals surface area contributed by atoms with Crippen LogP contribution < -0.4 is 22.1 Å². The van der Waals surface area contributed by atoms with Gasteiger partial charge in [-0.1, -0.05) is 12.1 Å². The van der Waals surface area contributed by atoms with E-state index in [0.717, 1.165) is 4.57 Å². The van der Waals surface area contributed by atoms with Crippen LogP contribution in [0, 0.1) is 0 Å². The summed E-state index contributed by atoms with van der Waals surface area (Å²) in [5.41, 5.74) is 0.547. The van der Waals surface area contributed by atoms with Gasteiger partial charge in [0.25, 0.3) is 17.0 Å². The molecule has 0 bridgehead atoms. The first-order valence-electron chi connectivity index (χ1n) is 10.1. The Morgan fingerprint density at radius 3 is 2.73 bits per heavy atom. The maximum atomic E-state index is 13.0. The number of amides is 1. The molecule has 0 unspecified atom stereocenters. The maximum absolute atomic E-state index is 13.0. The van der Waals surface area contributed by atoms with E-state index in [1.165, 1.54) is 35.4 Å². The lowest BCUT2D eigenvalue weighted by molar-refractivity contribution is 0.102. The van der Waals surface area contributed by atoms with Crippen molar-refractivity contribution in [3.8, 4) is 5.69 Å². The van der Waals surface area contributed by atoms with E-state index in [0.29, 0.717) is 27.8 Å². The van der Waals surface area contributed by atoms with Gasteiger partial charge < -0.3 is 15.3 Å². The zero-order valence-electron chi connectivity index (χ0n) is 17.3.